The maximum absolute atomic E-state index is 11.0. The van der Waals surface area contributed by atoms with E-state index in [2.05, 4.69) is 0 Å². The second-order valence-corrected chi connectivity index (χ2v) is 2.88. The minimum atomic E-state index is -0.778. The van der Waals surface area contributed by atoms with Crippen LogP contribution in [-0.2, 0) is 14.3 Å². The van der Waals surface area contributed by atoms with Crippen molar-refractivity contribution in [1.82, 2.24) is 5.01 Å². The van der Waals surface area contributed by atoms with Gasteiger partial charge in [-0.25, -0.2) is 10.6 Å². The summed E-state index contributed by atoms with van der Waals surface area (Å²) in [5.41, 5.74) is 0.355. The van der Waals surface area contributed by atoms with Crippen LogP contribution in [-0.4, -0.2) is 30.9 Å². The Balaban J connectivity index is 2.86. The number of hydrogen-bond acceptors (Lipinski definition) is 5. The normalized spacial score (nSPS) is 22.2. The second-order valence-electron chi connectivity index (χ2n) is 2.50. The Kier molecular flexibility index (Phi) is 3.13. The highest BCUT2D eigenvalue weighted by atomic mass is 35.5. The minimum Gasteiger partial charge on any atom is -0.425 e. The van der Waals surface area contributed by atoms with E-state index in [9.17, 15) is 4.79 Å². The summed E-state index contributed by atoms with van der Waals surface area (Å²) < 4.78 is 9.91. The fourth-order valence-corrected chi connectivity index (χ4v) is 1.27. The molecule has 0 saturated heterocycles. The molecule has 0 aromatic carbocycles. The molecule has 0 saturated carbocycles. The third kappa shape index (κ3) is 1.93. The predicted octanol–water partition coefficient (Wildman–Crippen LogP) is 0.162. The first-order valence-electron chi connectivity index (χ1n) is 3.78. The Morgan fingerprint density at radius 1 is 1.77 bits per heavy atom. The number of nitrogens with zero attached hydrogens (tertiary/aromatic N) is 1. The van der Waals surface area contributed by atoms with Crippen LogP contribution in [0.3, 0.4) is 0 Å². The van der Waals surface area contributed by atoms with Gasteiger partial charge in [-0.1, -0.05) is 11.6 Å². The average molecular weight is 207 g/mol. The van der Waals surface area contributed by atoms with Gasteiger partial charge in [-0.05, 0) is 6.92 Å². The van der Waals surface area contributed by atoms with E-state index in [1.165, 1.54) is 5.01 Å². The van der Waals surface area contributed by atoms with Crippen molar-refractivity contribution in [1.29, 1.82) is 0 Å². The Labute approximate surface area is 81.0 Å². The SMILES string of the molecule is CCOC1OC(=O)C(Cl)=C1N(C)N. The maximum Gasteiger partial charge on any atom is 0.354 e. The van der Waals surface area contributed by atoms with Crippen molar-refractivity contribution in [3.63, 3.8) is 0 Å². The van der Waals surface area contributed by atoms with Crippen LogP contribution in [0.4, 0.5) is 0 Å². The third-order valence-corrected chi connectivity index (χ3v) is 1.89. The smallest absolute Gasteiger partial charge is 0.354 e. The Bertz CT molecular complexity index is 252. The number of ether oxygens (including phenoxy) is 2. The Hall–Kier alpha value is -0.780. The number of halogens is 1. The van der Waals surface area contributed by atoms with Gasteiger partial charge in [0, 0.05) is 13.7 Å². The molecule has 1 aliphatic heterocycles. The molecule has 0 aliphatic carbocycles. The quantitative estimate of drug-likeness (QED) is 0.405. The lowest BCUT2D eigenvalue weighted by Gasteiger charge is -2.19. The van der Waals surface area contributed by atoms with Crippen LogP contribution in [0.2, 0.25) is 0 Å². The van der Waals surface area contributed by atoms with Crippen LogP contribution in [0.15, 0.2) is 10.7 Å². The van der Waals surface area contributed by atoms with Gasteiger partial charge >= 0.3 is 5.97 Å². The molecule has 13 heavy (non-hydrogen) atoms. The van der Waals surface area contributed by atoms with Crippen molar-refractivity contribution in [3.8, 4) is 0 Å². The van der Waals surface area contributed by atoms with E-state index in [-0.39, 0.29) is 5.03 Å². The van der Waals surface area contributed by atoms with Crippen molar-refractivity contribution in [3.05, 3.63) is 10.7 Å². The second kappa shape index (κ2) is 3.95. The number of likely N-dealkylation sites (N-methyl/N-ethyl adjacent to an activating group) is 1. The predicted molar refractivity (Wildman–Crippen MR) is 46.3 cm³/mol. The van der Waals surface area contributed by atoms with E-state index < -0.39 is 12.3 Å². The molecule has 0 amide bonds. The number of cyclic esters (lactones) is 1. The lowest BCUT2D eigenvalue weighted by Crippen LogP contribution is -2.32. The molecule has 1 heterocycles. The fraction of sp³-hybridized carbons (Fsp3) is 0.571. The number of esters is 1. The molecule has 0 aromatic heterocycles. The van der Waals surface area contributed by atoms with Crippen LogP contribution in [0, 0.1) is 0 Å². The van der Waals surface area contributed by atoms with Crippen LogP contribution in [0.1, 0.15) is 6.92 Å². The fourth-order valence-electron chi connectivity index (χ4n) is 0.998. The molecule has 1 rings (SSSR count). The number of carbonyl (C=O) groups is 1. The molecule has 5 nitrogen and oxygen atoms in total. The van der Waals surface area contributed by atoms with E-state index in [0.717, 1.165) is 0 Å². The minimum absolute atomic E-state index is 0.0246. The summed E-state index contributed by atoms with van der Waals surface area (Å²) in [5.74, 6) is 4.85. The first-order valence-corrected chi connectivity index (χ1v) is 4.16. The summed E-state index contributed by atoms with van der Waals surface area (Å²) >= 11 is 5.66. The summed E-state index contributed by atoms with van der Waals surface area (Å²) in [6, 6.07) is 0. The van der Waals surface area contributed by atoms with Crippen molar-refractivity contribution >= 4 is 17.6 Å². The molecule has 0 spiro atoms. The molecule has 0 bridgehead atoms. The summed E-state index contributed by atoms with van der Waals surface area (Å²) in [5, 5.41) is 1.19. The molecule has 1 atom stereocenters. The molecular weight excluding hydrogens is 196 g/mol. The number of carbonyl (C=O) groups excluding carboxylic acids is 1. The highest BCUT2D eigenvalue weighted by molar-refractivity contribution is 6.42. The largest absolute Gasteiger partial charge is 0.425 e. The molecule has 0 fully saturated rings. The molecule has 1 unspecified atom stereocenters. The topological polar surface area (TPSA) is 64.8 Å². The van der Waals surface area contributed by atoms with Gasteiger partial charge in [-0.15, -0.1) is 0 Å². The van der Waals surface area contributed by atoms with E-state index in [0.29, 0.717) is 12.3 Å². The van der Waals surface area contributed by atoms with E-state index in [1.807, 2.05) is 0 Å². The first-order chi connectivity index (χ1) is 6.07. The van der Waals surface area contributed by atoms with Gasteiger partial charge in [0.25, 0.3) is 0 Å². The van der Waals surface area contributed by atoms with Crippen molar-refractivity contribution in [2.24, 2.45) is 5.84 Å². The summed E-state index contributed by atoms with van der Waals surface area (Å²) in [7, 11) is 1.56. The number of hydrogen-bond donors (Lipinski definition) is 1. The summed E-state index contributed by atoms with van der Waals surface area (Å²) in [6.45, 7) is 2.20. The number of rotatable bonds is 3. The van der Waals surface area contributed by atoms with E-state index >= 15 is 0 Å². The van der Waals surface area contributed by atoms with Gasteiger partial charge in [0.1, 0.15) is 5.70 Å². The van der Waals surface area contributed by atoms with Gasteiger partial charge in [-0.3, -0.25) is 0 Å². The lowest BCUT2D eigenvalue weighted by molar-refractivity contribution is -0.160. The monoisotopic (exact) mass is 206 g/mol. The molecular formula is C7H11ClN2O3. The number of hydrazine groups is 1. The highest BCUT2D eigenvalue weighted by Crippen LogP contribution is 2.26. The van der Waals surface area contributed by atoms with E-state index in [4.69, 9.17) is 26.9 Å². The zero-order valence-electron chi connectivity index (χ0n) is 7.41. The van der Waals surface area contributed by atoms with Crippen LogP contribution < -0.4 is 5.84 Å². The molecule has 0 radical (unpaired) electrons. The maximum atomic E-state index is 11.0. The van der Waals surface area contributed by atoms with Crippen molar-refractivity contribution in [2.45, 2.75) is 13.2 Å². The summed E-state index contributed by atoms with van der Waals surface area (Å²) in [6.07, 6.45) is -0.778. The molecule has 1 aliphatic rings. The van der Waals surface area contributed by atoms with Crippen molar-refractivity contribution in [2.75, 3.05) is 13.7 Å². The van der Waals surface area contributed by atoms with Gasteiger partial charge in [0.05, 0.1) is 0 Å². The van der Waals surface area contributed by atoms with Crippen molar-refractivity contribution < 1.29 is 14.3 Å². The van der Waals surface area contributed by atoms with Gasteiger partial charge in [0.15, 0.2) is 5.03 Å². The van der Waals surface area contributed by atoms with Crippen LogP contribution >= 0.6 is 11.6 Å². The Morgan fingerprint density at radius 3 is 2.85 bits per heavy atom. The Morgan fingerprint density at radius 2 is 2.38 bits per heavy atom. The third-order valence-electron chi connectivity index (χ3n) is 1.54. The lowest BCUT2D eigenvalue weighted by atomic mass is 10.4. The van der Waals surface area contributed by atoms with Gasteiger partial charge < -0.3 is 14.5 Å². The van der Waals surface area contributed by atoms with E-state index in [1.54, 1.807) is 14.0 Å². The highest BCUT2D eigenvalue weighted by Gasteiger charge is 2.35. The summed E-state index contributed by atoms with van der Waals surface area (Å²) in [4.78, 5) is 11.0. The molecule has 0 aromatic rings. The molecule has 6 heteroatoms. The van der Waals surface area contributed by atoms with Gasteiger partial charge in [0.2, 0.25) is 6.29 Å². The molecule has 74 valence electrons. The first kappa shape index (κ1) is 10.3. The zero-order valence-corrected chi connectivity index (χ0v) is 8.17. The average Bonchev–Trinajstić information content (AvgIpc) is 2.28. The zero-order chi connectivity index (χ0) is 10.0. The number of nitrogens with two attached hydrogens (primary N) is 1. The molecule has 2 N–H and O–H groups in total. The van der Waals surface area contributed by atoms with Gasteiger partial charge in [-0.2, -0.15) is 0 Å². The van der Waals surface area contributed by atoms with Crippen LogP contribution in [0.25, 0.3) is 0 Å². The standard InChI is InChI=1S/C7H11ClN2O3/c1-3-12-7-5(10(2)9)4(8)6(11)13-7/h7H,3,9H2,1-2H3. The van der Waals surface area contributed by atoms with Crippen LogP contribution in [0.5, 0.6) is 0 Å².